The highest BCUT2D eigenvalue weighted by molar-refractivity contribution is 5.58. The lowest BCUT2D eigenvalue weighted by molar-refractivity contribution is 0.0812. The van der Waals surface area contributed by atoms with Gasteiger partial charge in [-0.1, -0.05) is 18.6 Å². The van der Waals surface area contributed by atoms with Gasteiger partial charge in [0.1, 0.15) is 5.75 Å². The van der Waals surface area contributed by atoms with Gasteiger partial charge in [-0.05, 0) is 98.8 Å². The molecule has 2 N–H and O–H groups in total. The third-order valence-corrected chi connectivity index (χ3v) is 7.35. The Morgan fingerprint density at radius 3 is 2.83 bits per heavy atom. The molecular formula is C22H31NO. The maximum Gasteiger partial charge on any atom is 0.142 e. The van der Waals surface area contributed by atoms with Gasteiger partial charge in [0.25, 0.3) is 0 Å². The quantitative estimate of drug-likeness (QED) is 0.578. The van der Waals surface area contributed by atoms with Crippen LogP contribution in [0, 0.1) is 17.3 Å². The number of allylic oxidation sites excluding steroid dienone is 2. The van der Waals surface area contributed by atoms with Crippen molar-refractivity contribution in [1.29, 1.82) is 0 Å². The summed E-state index contributed by atoms with van der Waals surface area (Å²) in [4.78, 5) is 0. The number of rotatable bonds is 2. The highest BCUT2D eigenvalue weighted by atomic mass is 16.5. The molecule has 130 valence electrons. The maximum atomic E-state index is 6.21. The lowest BCUT2D eigenvalue weighted by atomic mass is 9.55. The summed E-state index contributed by atoms with van der Waals surface area (Å²) < 4.78 is 5.79. The molecule has 0 saturated heterocycles. The molecule has 2 saturated carbocycles. The molecule has 3 unspecified atom stereocenters. The van der Waals surface area contributed by atoms with Gasteiger partial charge in [-0.2, -0.15) is 0 Å². The van der Waals surface area contributed by atoms with E-state index in [0.717, 1.165) is 23.3 Å². The third kappa shape index (κ3) is 2.22. The van der Waals surface area contributed by atoms with E-state index in [0.29, 0.717) is 17.9 Å². The van der Waals surface area contributed by atoms with Crippen molar-refractivity contribution in [3.63, 3.8) is 0 Å². The summed E-state index contributed by atoms with van der Waals surface area (Å²) >= 11 is 0. The zero-order valence-electron chi connectivity index (χ0n) is 15.4. The first-order chi connectivity index (χ1) is 11.6. The van der Waals surface area contributed by atoms with Crippen molar-refractivity contribution in [2.75, 3.05) is 12.3 Å². The predicted molar refractivity (Wildman–Crippen MR) is 100 cm³/mol. The minimum absolute atomic E-state index is 0.462. The first-order valence-electron chi connectivity index (χ1n) is 9.79. The largest absolute Gasteiger partial charge is 0.492 e. The van der Waals surface area contributed by atoms with Crippen LogP contribution in [0.3, 0.4) is 0 Å². The van der Waals surface area contributed by atoms with Gasteiger partial charge in [0.2, 0.25) is 0 Å². The van der Waals surface area contributed by atoms with Crippen LogP contribution in [0.1, 0.15) is 69.9 Å². The average Bonchev–Trinajstić information content (AvgIpc) is 2.92. The molecule has 0 heterocycles. The van der Waals surface area contributed by atoms with Gasteiger partial charge >= 0.3 is 0 Å². The van der Waals surface area contributed by atoms with Crippen LogP contribution in [-0.2, 0) is 6.42 Å². The van der Waals surface area contributed by atoms with Crippen LogP contribution in [0.4, 0.5) is 5.69 Å². The molecule has 0 radical (unpaired) electrons. The molecule has 3 aliphatic rings. The Morgan fingerprint density at radius 1 is 1.25 bits per heavy atom. The van der Waals surface area contributed by atoms with Crippen LogP contribution in [0.2, 0.25) is 0 Å². The molecule has 2 fully saturated rings. The molecule has 0 amide bonds. The Labute approximate surface area is 146 Å². The summed E-state index contributed by atoms with van der Waals surface area (Å²) in [5.74, 6) is 3.31. The second-order valence-electron chi connectivity index (χ2n) is 8.25. The van der Waals surface area contributed by atoms with Gasteiger partial charge in [0.15, 0.2) is 0 Å². The number of nitrogens with two attached hydrogens (primary N) is 1. The highest BCUT2D eigenvalue weighted by Gasteiger charge is 2.52. The minimum atomic E-state index is 0.462. The van der Waals surface area contributed by atoms with Crippen molar-refractivity contribution in [2.24, 2.45) is 17.3 Å². The normalized spacial score (nSPS) is 36.1. The van der Waals surface area contributed by atoms with Gasteiger partial charge in [-0.25, -0.2) is 0 Å². The van der Waals surface area contributed by atoms with Crippen LogP contribution in [0.15, 0.2) is 23.8 Å². The summed E-state index contributed by atoms with van der Waals surface area (Å²) in [5, 5.41) is 0. The fraction of sp³-hybridized carbons (Fsp3) is 0.636. The lowest BCUT2D eigenvalue weighted by Gasteiger charge is -2.49. The lowest BCUT2D eigenvalue weighted by Crippen LogP contribution is -2.40. The van der Waals surface area contributed by atoms with Gasteiger partial charge in [0, 0.05) is 0 Å². The van der Waals surface area contributed by atoms with E-state index >= 15 is 0 Å². The molecule has 0 aliphatic heterocycles. The van der Waals surface area contributed by atoms with Gasteiger partial charge in [0.05, 0.1) is 12.3 Å². The summed E-state index contributed by atoms with van der Waals surface area (Å²) in [5.41, 5.74) is 12.2. The Balaban J connectivity index is 1.70. The number of hydrogen-bond donors (Lipinski definition) is 1. The zero-order chi connectivity index (χ0) is 16.9. The van der Waals surface area contributed by atoms with Crippen LogP contribution in [-0.4, -0.2) is 6.61 Å². The number of nitrogen functional groups attached to an aromatic ring is 1. The number of hydrogen-bond acceptors (Lipinski definition) is 2. The molecular weight excluding hydrogens is 294 g/mol. The topological polar surface area (TPSA) is 35.2 Å². The van der Waals surface area contributed by atoms with Gasteiger partial charge in [-0.15, -0.1) is 0 Å². The van der Waals surface area contributed by atoms with E-state index in [-0.39, 0.29) is 0 Å². The number of ether oxygens (including phenoxy) is 1. The molecule has 4 rings (SSSR count). The van der Waals surface area contributed by atoms with Crippen molar-refractivity contribution in [3.8, 4) is 5.75 Å². The molecule has 24 heavy (non-hydrogen) atoms. The van der Waals surface area contributed by atoms with E-state index < -0.39 is 0 Å². The van der Waals surface area contributed by atoms with Gasteiger partial charge < -0.3 is 10.5 Å². The van der Waals surface area contributed by atoms with E-state index in [1.165, 1.54) is 44.1 Å². The van der Waals surface area contributed by atoms with Crippen LogP contribution < -0.4 is 10.5 Å². The Kier molecular flexibility index (Phi) is 3.89. The number of aryl methyl sites for hydroxylation is 1. The summed E-state index contributed by atoms with van der Waals surface area (Å²) in [7, 11) is 0. The SMILES string of the molecule is C/C=C1/CCC2C3CCc4cc(N)c(OCC)cc4C3CC[C@]12C. The second-order valence-corrected chi connectivity index (χ2v) is 8.25. The summed E-state index contributed by atoms with van der Waals surface area (Å²) in [6.07, 6.45) is 10.3. The van der Waals surface area contributed by atoms with Crippen LogP contribution in [0.5, 0.6) is 5.75 Å². The summed E-state index contributed by atoms with van der Waals surface area (Å²) in [6, 6.07) is 4.47. The fourth-order valence-corrected chi connectivity index (χ4v) is 6.22. The Morgan fingerprint density at radius 2 is 2.08 bits per heavy atom. The second kappa shape index (κ2) is 5.82. The minimum Gasteiger partial charge on any atom is -0.492 e. The van der Waals surface area contributed by atoms with E-state index in [2.05, 4.69) is 32.1 Å². The average molecular weight is 325 g/mol. The maximum absolute atomic E-state index is 6.21. The molecule has 1 aromatic rings. The smallest absolute Gasteiger partial charge is 0.142 e. The number of anilines is 1. The van der Waals surface area contributed by atoms with Crippen molar-refractivity contribution < 1.29 is 4.74 Å². The molecule has 0 spiro atoms. The monoisotopic (exact) mass is 325 g/mol. The Hall–Kier alpha value is -1.44. The number of benzene rings is 1. The third-order valence-electron chi connectivity index (χ3n) is 7.35. The van der Waals surface area contributed by atoms with E-state index in [4.69, 9.17) is 10.5 Å². The fourth-order valence-electron chi connectivity index (χ4n) is 6.22. The summed E-state index contributed by atoms with van der Waals surface area (Å²) in [6.45, 7) is 7.50. The van der Waals surface area contributed by atoms with Crippen molar-refractivity contribution in [1.82, 2.24) is 0 Å². The first kappa shape index (κ1) is 16.1. The van der Waals surface area contributed by atoms with E-state index in [9.17, 15) is 0 Å². The van der Waals surface area contributed by atoms with Gasteiger partial charge in [-0.3, -0.25) is 0 Å². The number of fused-ring (bicyclic) bond motifs is 5. The molecule has 2 nitrogen and oxygen atoms in total. The van der Waals surface area contributed by atoms with Crippen LogP contribution in [0.25, 0.3) is 0 Å². The van der Waals surface area contributed by atoms with Crippen molar-refractivity contribution in [3.05, 3.63) is 34.9 Å². The predicted octanol–water partition coefficient (Wildman–Crippen LogP) is 5.47. The van der Waals surface area contributed by atoms with Crippen molar-refractivity contribution in [2.45, 2.75) is 65.2 Å². The molecule has 0 aromatic heterocycles. The van der Waals surface area contributed by atoms with E-state index in [1.807, 2.05) is 6.92 Å². The highest BCUT2D eigenvalue weighted by Crippen LogP contribution is 2.63. The van der Waals surface area contributed by atoms with Crippen LogP contribution >= 0.6 is 0 Å². The molecule has 1 aromatic carbocycles. The Bertz CT molecular complexity index is 677. The molecule has 3 aliphatic carbocycles. The standard InChI is InChI=1S/C22H31NO/c1-4-15-7-9-19-17-8-6-14-12-20(23)21(24-5-2)13-18(14)16(17)10-11-22(15,19)3/h4,12-13,16-17,19H,5-11,23H2,1-3H3/b15-4-/t16?,17?,19?,22-/m1/s1. The molecule has 4 atom stereocenters. The molecule has 0 bridgehead atoms. The van der Waals surface area contributed by atoms with E-state index in [1.54, 1.807) is 11.1 Å². The zero-order valence-corrected chi connectivity index (χ0v) is 15.4. The van der Waals surface area contributed by atoms with Crippen molar-refractivity contribution >= 4 is 5.69 Å². The first-order valence-corrected chi connectivity index (χ1v) is 9.79. The molecule has 2 heteroatoms.